The predicted molar refractivity (Wildman–Crippen MR) is 118 cm³/mol. The molecule has 0 unspecified atom stereocenters. The summed E-state index contributed by atoms with van der Waals surface area (Å²) in [7, 11) is 0. The lowest BCUT2D eigenvalue weighted by Crippen LogP contribution is -2.24. The number of carbonyl (C=O) groups is 2. The number of Topliss-reactive ketones (excluding diaryl/α,β-unsaturated/α-hetero) is 1. The maximum atomic E-state index is 13.1. The topological polar surface area (TPSA) is 63.1 Å². The van der Waals surface area contributed by atoms with E-state index in [0.29, 0.717) is 22.7 Å². The van der Waals surface area contributed by atoms with Gasteiger partial charge in [0.15, 0.2) is 0 Å². The SMILES string of the molecule is O=C(Nc1ccc(I)c(Cl)c1)C(=O)c1c2n(c3ccccc13)CCNCC2.[HH]. The highest BCUT2D eigenvalue weighted by Gasteiger charge is 2.27. The van der Waals surface area contributed by atoms with Crippen LogP contribution in [-0.4, -0.2) is 29.3 Å². The first-order valence-electron chi connectivity index (χ1n) is 8.68. The lowest BCUT2D eigenvalue weighted by molar-refractivity contribution is -0.112. The third-order valence-corrected chi connectivity index (χ3v) is 6.31. The Balaban J connectivity index is 0.00000225. The van der Waals surface area contributed by atoms with Gasteiger partial charge in [-0.3, -0.25) is 9.59 Å². The molecule has 0 atom stereocenters. The van der Waals surface area contributed by atoms with E-state index in [2.05, 4.69) is 37.8 Å². The van der Waals surface area contributed by atoms with Gasteiger partial charge in [-0.1, -0.05) is 29.8 Å². The number of ketones is 1. The Labute approximate surface area is 176 Å². The van der Waals surface area contributed by atoms with Crippen molar-refractivity contribution in [2.75, 3.05) is 18.4 Å². The van der Waals surface area contributed by atoms with Crippen molar-refractivity contribution in [1.82, 2.24) is 9.88 Å². The summed E-state index contributed by atoms with van der Waals surface area (Å²) < 4.78 is 3.03. The van der Waals surface area contributed by atoms with Crippen LogP contribution >= 0.6 is 34.2 Å². The Kier molecular flexibility index (Phi) is 5.21. The second kappa shape index (κ2) is 7.61. The lowest BCUT2D eigenvalue weighted by atomic mass is 10.0. The van der Waals surface area contributed by atoms with Gasteiger partial charge in [0.1, 0.15) is 0 Å². The van der Waals surface area contributed by atoms with Crippen molar-refractivity contribution in [2.24, 2.45) is 0 Å². The number of nitrogens with one attached hydrogen (secondary N) is 2. The second-order valence-electron chi connectivity index (χ2n) is 6.40. The van der Waals surface area contributed by atoms with Crippen molar-refractivity contribution in [3.05, 3.63) is 62.3 Å². The summed E-state index contributed by atoms with van der Waals surface area (Å²) in [6, 6.07) is 12.9. The number of hydrogen-bond acceptors (Lipinski definition) is 3. The normalized spacial score (nSPS) is 13.9. The number of anilines is 1. The van der Waals surface area contributed by atoms with Gasteiger partial charge in [0, 0.05) is 53.3 Å². The zero-order valence-corrected chi connectivity index (χ0v) is 17.3. The number of amides is 1. The second-order valence-corrected chi connectivity index (χ2v) is 7.97. The van der Waals surface area contributed by atoms with Crippen LogP contribution in [0.15, 0.2) is 42.5 Å². The number of aromatic nitrogens is 1. The first-order valence-corrected chi connectivity index (χ1v) is 10.1. The molecule has 2 N–H and O–H groups in total. The van der Waals surface area contributed by atoms with E-state index in [4.69, 9.17) is 11.6 Å². The molecule has 0 saturated carbocycles. The van der Waals surface area contributed by atoms with Gasteiger partial charge in [-0.15, -0.1) is 0 Å². The first-order chi connectivity index (χ1) is 13.1. The fraction of sp³-hybridized carbons (Fsp3) is 0.200. The monoisotopic (exact) mass is 495 g/mol. The van der Waals surface area contributed by atoms with Gasteiger partial charge in [-0.25, -0.2) is 0 Å². The van der Waals surface area contributed by atoms with Crippen LogP contribution in [0.5, 0.6) is 0 Å². The quantitative estimate of drug-likeness (QED) is 0.327. The van der Waals surface area contributed by atoms with Crippen molar-refractivity contribution < 1.29 is 11.0 Å². The molecule has 1 amide bonds. The molecule has 0 aliphatic carbocycles. The molecule has 1 aliphatic heterocycles. The van der Waals surface area contributed by atoms with Crippen LogP contribution in [-0.2, 0) is 17.8 Å². The number of rotatable bonds is 3. The summed E-state index contributed by atoms with van der Waals surface area (Å²) in [5.41, 5.74) is 2.92. The zero-order chi connectivity index (χ0) is 19.0. The van der Waals surface area contributed by atoms with Crippen molar-refractivity contribution in [3.8, 4) is 0 Å². The van der Waals surface area contributed by atoms with Crippen molar-refractivity contribution in [1.29, 1.82) is 0 Å². The number of para-hydroxylation sites is 1. The smallest absolute Gasteiger partial charge is 0.296 e. The van der Waals surface area contributed by atoms with E-state index >= 15 is 0 Å². The third-order valence-electron chi connectivity index (χ3n) is 4.74. The minimum absolute atomic E-state index is 0. The van der Waals surface area contributed by atoms with E-state index in [9.17, 15) is 9.59 Å². The molecule has 0 radical (unpaired) electrons. The maximum absolute atomic E-state index is 13.1. The number of nitrogens with zero attached hydrogens (tertiary/aromatic N) is 1. The zero-order valence-electron chi connectivity index (χ0n) is 14.4. The van der Waals surface area contributed by atoms with Crippen LogP contribution in [0.1, 0.15) is 17.5 Å². The maximum Gasteiger partial charge on any atom is 0.296 e. The van der Waals surface area contributed by atoms with Crippen LogP contribution in [0.4, 0.5) is 5.69 Å². The van der Waals surface area contributed by atoms with Crippen LogP contribution < -0.4 is 10.6 Å². The minimum Gasteiger partial charge on any atom is -0.343 e. The van der Waals surface area contributed by atoms with Gasteiger partial charge in [0.2, 0.25) is 0 Å². The number of halogens is 2. The van der Waals surface area contributed by atoms with Gasteiger partial charge >= 0.3 is 0 Å². The molecule has 4 rings (SSSR count). The molecule has 5 nitrogen and oxygen atoms in total. The summed E-state index contributed by atoms with van der Waals surface area (Å²) in [4.78, 5) is 25.8. The number of fused-ring (bicyclic) bond motifs is 3. The fourth-order valence-electron chi connectivity index (χ4n) is 3.52. The third kappa shape index (κ3) is 3.49. The highest BCUT2D eigenvalue weighted by atomic mass is 127. The van der Waals surface area contributed by atoms with E-state index in [-0.39, 0.29) is 1.43 Å². The number of hydrogen-bond donors (Lipinski definition) is 2. The molecule has 27 heavy (non-hydrogen) atoms. The summed E-state index contributed by atoms with van der Waals surface area (Å²) in [5, 5.41) is 7.39. The Morgan fingerprint density at radius 2 is 2.00 bits per heavy atom. The predicted octanol–water partition coefficient (Wildman–Crippen LogP) is 4.11. The van der Waals surface area contributed by atoms with Gasteiger partial charge in [0.25, 0.3) is 11.7 Å². The van der Waals surface area contributed by atoms with Crippen molar-refractivity contribution >= 4 is 62.5 Å². The summed E-state index contributed by atoms with van der Waals surface area (Å²) in [5.74, 6) is -1.17. The molecule has 0 fully saturated rings. The van der Waals surface area contributed by atoms with Gasteiger partial charge < -0.3 is 15.2 Å². The Hall–Kier alpha value is -1.90. The van der Waals surface area contributed by atoms with Gasteiger partial charge in [0.05, 0.1) is 10.6 Å². The van der Waals surface area contributed by atoms with E-state index in [0.717, 1.165) is 39.8 Å². The fourth-order valence-corrected chi connectivity index (χ4v) is 4.04. The van der Waals surface area contributed by atoms with Crippen LogP contribution in [0, 0.1) is 3.57 Å². The Bertz CT molecular complexity index is 1070. The summed E-state index contributed by atoms with van der Waals surface area (Å²) in [6.07, 6.45) is 0.707. The van der Waals surface area contributed by atoms with Crippen molar-refractivity contribution in [2.45, 2.75) is 13.0 Å². The van der Waals surface area contributed by atoms with E-state index < -0.39 is 11.7 Å². The van der Waals surface area contributed by atoms with Crippen molar-refractivity contribution in [3.63, 3.8) is 0 Å². The highest BCUT2D eigenvalue weighted by molar-refractivity contribution is 14.1. The number of carbonyl (C=O) groups excluding carboxylic acids is 2. The van der Waals surface area contributed by atoms with E-state index in [1.54, 1.807) is 18.2 Å². The number of benzene rings is 2. The van der Waals surface area contributed by atoms with E-state index in [1.165, 1.54) is 0 Å². The molecular formula is C20H19ClIN3O2. The molecule has 0 spiro atoms. The average molecular weight is 496 g/mol. The summed E-state index contributed by atoms with van der Waals surface area (Å²) in [6.45, 7) is 2.40. The average Bonchev–Trinajstić information content (AvgIpc) is 2.80. The largest absolute Gasteiger partial charge is 0.343 e. The van der Waals surface area contributed by atoms with E-state index in [1.807, 2.05) is 24.3 Å². The molecule has 0 bridgehead atoms. The molecule has 2 aromatic carbocycles. The highest BCUT2D eigenvalue weighted by Crippen LogP contribution is 2.29. The lowest BCUT2D eigenvalue weighted by Gasteiger charge is -2.08. The first kappa shape index (κ1) is 18.5. The Morgan fingerprint density at radius 3 is 2.81 bits per heavy atom. The molecule has 1 aromatic heterocycles. The molecule has 1 aliphatic rings. The molecule has 7 heteroatoms. The minimum atomic E-state index is -0.649. The molecule has 140 valence electrons. The standard InChI is InChI=1S/C20H17ClIN3O2.H2/c21-14-11-12(5-6-15(14)22)24-20(27)19(26)18-13-3-1-2-4-16(13)25-10-9-23-8-7-17(18)25;/h1-6,11,23H,7-10H2,(H,24,27);1H. The summed E-state index contributed by atoms with van der Waals surface area (Å²) >= 11 is 8.23. The molecule has 3 aromatic rings. The molecular weight excluding hydrogens is 477 g/mol. The molecule has 0 saturated heterocycles. The van der Waals surface area contributed by atoms with Crippen LogP contribution in [0.3, 0.4) is 0 Å². The van der Waals surface area contributed by atoms with Gasteiger partial charge in [-0.2, -0.15) is 0 Å². The molecule has 2 heterocycles. The van der Waals surface area contributed by atoms with Gasteiger partial charge in [-0.05, 0) is 46.9 Å². The van der Waals surface area contributed by atoms with Crippen LogP contribution in [0.25, 0.3) is 10.9 Å². The Morgan fingerprint density at radius 1 is 1.19 bits per heavy atom. The van der Waals surface area contributed by atoms with Crippen LogP contribution in [0.2, 0.25) is 5.02 Å².